The zero-order chi connectivity index (χ0) is 17.6. The zero-order valence-electron chi connectivity index (χ0n) is 14.4. The Hall–Kier alpha value is -3.14. The molecule has 1 aromatic heterocycles. The molecule has 0 fully saturated rings. The van der Waals surface area contributed by atoms with Crippen molar-refractivity contribution in [3.63, 3.8) is 0 Å². The molecule has 2 aromatic carbocycles. The number of pyridine rings is 1. The summed E-state index contributed by atoms with van der Waals surface area (Å²) in [5, 5.41) is 6.28. The van der Waals surface area contributed by atoms with Gasteiger partial charge in [0.05, 0.1) is 0 Å². The van der Waals surface area contributed by atoms with Gasteiger partial charge in [-0.05, 0) is 48.7 Å². The van der Waals surface area contributed by atoms with Crippen molar-refractivity contribution >= 4 is 23.0 Å². The van der Waals surface area contributed by atoms with Crippen LogP contribution in [0.4, 0.5) is 17.1 Å². The van der Waals surface area contributed by atoms with Gasteiger partial charge in [-0.15, -0.1) is 0 Å². The quantitative estimate of drug-likeness (QED) is 0.695. The maximum absolute atomic E-state index is 12.6. The van der Waals surface area contributed by atoms with Gasteiger partial charge in [-0.1, -0.05) is 43.3 Å². The van der Waals surface area contributed by atoms with Crippen molar-refractivity contribution in [3.05, 3.63) is 83.7 Å². The van der Waals surface area contributed by atoms with Crippen molar-refractivity contribution < 1.29 is 4.79 Å². The number of benzene rings is 2. The van der Waals surface area contributed by atoms with Crippen molar-refractivity contribution in [3.8, 4) is 0 Å². The first-order chi connectivity index (χ1) is 12.2. The molecule has 3 rings (SSSR count). The van der Waals surface area contributed by atoms with Crippen LogP contribution in [-0.2, 0) is 6.42 Å². The molecule has 0 aliphatic rings. The van der Waals surface area contributed by atoms with Gasteiger partial charge >= 0.3 is 0 Å². The van der Waals surface area contributed by atoms with E-state index in [0.29, 0.717) is 5.69 Å². The van der Waals surface area contributed by atoms with Gasteiger partial charge in [0.25, 0.3) is 5.91 Å². The highest BCUT2D eigenvalue weighted by Gasteiger charge is 2.12. The standard InChI is InChI=1S/C21H21N3O/c1-3-16-9-7-8-15(2)20(16)24-21(25)19-14-18(12-13-22-19)23-17-10-5-4-6-11-17/h4-14H,3H2,1-2H3,(H,22,23)(H,24,25). The minimum Gasteiger partial charge on any atom is -0.355 e. The number of aromatic nitrogens is 1. The number of nitrogens with zero attached hydrogens (tertiary/aromatic N) is 1. The Morgan fingerprint density at radius 2 is 1.80 bits per heavy atom. The maximum atomic E-state index is 12.6. The van der Waals surface area contributed by atoms with E-state index in [4.69, 9.17) is 0 Å². The lowest BCUT2D eigenvalue weighted by Gasteiger charge is -2.13. The van der Waals surface area contributed by atoms with Crippen LogP contribution in [0.3, 0.4) is 0 Å². The Morgan fingerprint density at radius 3 is 2.56 bits per heavy atom. The molecule has 0 spiro atoms. The smallest absolute Gasteiger partial charge is 0.274 e. The number of hydrogen-bond acceptors (Lipinski definition) is 3. The minimum atomic E-state index is -0.208. The molecule has 0 saturated heterocycles. The van der Waals surface area contributed by atoms with E-state index in [9.17, 15) is 4.79 Å². The molecule has 0 radical (unpaired) electrons. The van der Waals surface area contributed by atoms with Gasteiger partial charge in [0.2, 0.25) is 0 Å². The van der Waals surface area contributed by atoms with E-state index < -0.39 is 0 Å². The second kappa shape index (κ2) is 7.62. The van der Waals surface area contributed by atoms with Gasteiger partial charge in [0.15, 0.2) is 0 Å². The third kappa shape index (κ3) is 4.04. The normalized spacial score (nSPS) is 10.3. The largest absolute Gasteiger partial charge is 0.355 e. The number of amides is 1. The van der Waals surface area contributed by atoms with Gasteiger partial charge in [-0.2, -0.15) is 0 Å². The molecule has 0 bridgehead atoms. The highest BCUT2D eigenvalue weighted by Crippen LogP contribution is 2.22. The van der Waals surface area contributed by atoms with E-state index in [1.54, 1.807) is 12.3 Å². The molecule has 0 aliphatic heterocycles. The van der Waals surface area contributed by atoms with Crippen LogP contribution in [0.1, 0.15) is 28.5 Å². The van der Waals surface area contributed by atoms with Crippen LogP contribution in [0.2, 0.25) is 0 Å². The van der Waals surface area contributed by atoms with Gasteiger partial charge < -0.3 is 10.6 Å². The lowest BCUT2D eigenvalue weighted by Crippen LogP contribution is -2.16. The lowest BCUT2D eigenvalue weighted by atomic mass is 10.1. The summed E-state index contributed by atoms with van der Waals surface area (Å²) in [7, 11) is 0. The Kier molecular flexibility index (Phi) is 5.09. The highest BCUT2D eigenvalue weighted by molar-refractivity contribution is 6.04. The number of aryl methyl sites for hydroxylation is 2. The summed E-state index contributed by atoms with van der Waals surface area (Å²) in [6, 6.07) is 19.5. The van der Waals surface area contributed by atoms with Gasteiger partial charge in [-0.25, -0.2) is 0 Å². The summed E-state index contributed by atoms with van der Waals surface area (Å²) in [4.78, 5) is 16.8. The predicted octanol–water partition coefficient (Wildman–Crippen LogP) is 4.95. The van der Waals surface area contributed by atoms with Crippen LogP contribution >= 0.6 is 0 Å². The summed E-state index contributed by atoms with van der Waals surface area (Å²) in [6.07, 6.45) is 2.50. The fraction of sp³-hybridized carbons (Fsp3) is 0.143. The van der Waals surface area contributed by atoms with E-state index in [1.807, 2.05) is 61.5 Å². The molecule has 1 heterocycles. The van der Waals surface area contributed by atoms with Crippen molar-refractivity contribution in [2.45, 2.75) is 20.3 Å². The average Bonchev–Trinajstić information content (AvgIpc) is 2.64. The highest BCUT2D eigenvalue weighted by atomic mass is 16.1. The monoisotopic (exact) mass is 331 g/mol. The number of anilines is 3. The molecule has 25 heavy (non-hydrogen) atoms. The van der Waals surface area contributed by atoms with E-state index in [2.05, 4.69) is 22.5 Å². The van der Waals surface area contributed by atoms with E-state index in [-0.39, 0.29) is 5.91 Å². The SMILES string of the molecule is CCc1cccc(C)c1NC(=O)c1cc(Nc2ccccc2)ccn1. The number of nitrogens with one attached hydrogen (secondary N) is 2. The van der Waals surface area contributed by atoms with Gasteiger partial charge in [-0.3, -0.25) is 9.78 Å². The fourth-order valence-electron chi connectivity index (χ4n) is 2.70. The molecule has 4 heteroatoms. The molecule has 0 saturated carbocycles. The third-order valence-corrected chi connectivity index (χ3v) is 4.03. The van der Waals surface area contributed by atoms with Crippen molar-refractivity contribution in [1.82, 2.24) is 4.98 Å². The van der Waals surface area contributed by atoms with Crippen molar-refractivity contribution in [2.24, 2.45) is 0 Å². The second-order valence-electron chi connectivity index (χ2n) is 5.84. The molecule has 4 nitrogen and oxygen atoms in total. The summed E-state index contributed by atoms with van der Waals surface area (Å²) >= 11 is 0. The molecule has 2 N–H and O–H groups in total. The molecular weight excluding hydrogens is 310 g/mol. The minimum absolute atomic E-state index is 0.208. The van der Waals surface area contributed by atoms with Crippen LogP contribution in [0.25, 0.3) is 0 Å². The van der Waals surface area contributed by atoms with Crippen LogP contribution in [0.15, 0.2) is 66.9 Å². The first-order valence-corrected chi connectivity index (χ1v) is 8.35. The average molecular weight is 331 g/mol. The summed E-state index contributed by atoms with van der Waals surface area (Å²) in [6.45, 7) is 4.07. The number of para-hydroxylation sites is 2. The Morgan fingerprint density at radius 1 is 1.00 bits per heavy atom. The number of carbonyl (C=O) groups excluding carboxylic acids is 1. The Balaban J connectivity index is 1.80. The van der Waals surface area contributed by atoms with Crippen molar-refractivity contribution in [1.29, 1.82) is 0 Å². The molecular formula is C21H21N3O. The Labute approximate surface area is 147 Å². The molecule has 0 atom stereocenters. The first-order valence-electron chi connectivity index (χ1n) is 8.35. The number of hydrogen-bond donors (Lipinski definition) is 2. The second-order valence-corrected chi connectivity index (χ2v) is 5.84. The predicted molar refractivity (Wildman–Crippen MR) is 102 cm³/mol. The van der Waals surface area contributed by atoms with Crippen molar-refractivity contribution in [2.75, 3.05) is 10.6 Å². The van der Waals surface area contributed by atoms with Gasteiger partial charge in [0, 0.05) is 23.3 Å². The van der Waals surface area contributed by atoms with E-state index in [1.165, 1.54) is 0 Å². The van der Waals surface area contributed by atoms with E-state index in [0.717, 1.165) is 34.6 Å². The third-order valence-electron chi connectivity index (χ3n) is 4.03. The van der Waals surface area contributed by atoms with Crippen LogP contribution < -0.4 is 10.6 Å². The summed E-state index contributed by atoms with van der Waals surface area (Å²) in [5.74, 6) is -0.208. The van der Waals surface area contributed by atoms with E-state index >= 15 is 0 Å². The Bertz CT molecular complexity index is 875. The molecule has 126 valence electrons. The summed E-state index contributed by atoms with van der Waals surface area (Å²) in [5.41, 5.74) is 5.21. The number of carbonyl (C=O) groups is 1. The van der Waals surface area contributed by atoms with Gasteiger partial charge in [0.1, 0.15) is 5.69 Å². The molecule has 3 aromatic rings. The summed E-state index contributed by atoms with van der Waals surface area (Å²) < 4.78 is 0. The molecule has 0 aliphatic carbocycles. The fourth-order valence-corrected chi connectivity index (χ4v) is 2.70. The number of rotatable bonds is 5. The topological polar surface area (TPSA) is 54.0 Å². The lowest BCUT2D eigenvalue weighted by molar-refractivity contribution is 0.102. The van der Waals surface area contributed by atoms with Crippen LogP contribution in [0, 0.1) is 6.92 Å². The zero-order valence-corrected chi connectivity index (χ0v) is 14.4. The molecule has 0 unspecified atom stereocenters. The molecule has 1 amide bonds. The van der Waals surface area contributed by atoms with Crippen LogP contribution in [0.5, 0.6) is 0 Å². The first kappa shape index (κ1) is 16.7. The van der Waals surface area contributed by atoms with Crippen LogP contribution in [-0.4, -0.2) is 10.9 Å². The maximum Gasteiger partial charge on any atom is 0.274 e.